The third-order valence-electron chi connectivity index (χ3n) is 8.09. The normalized spacial score (nSPS) is 29.4. The van der Waals surface area contributed by atoms with Crippen molar-refractivity contribution < 1.29 is 23.7 Å². The van der Waals surface area contributed by atoms with E-state index in [-0.39, 0.29) is 24.3 Å². The third-order valence-corrected chi connectivity index (χ3v) is 8.09. The highest BCUT2D eigenvalue weighted by molar-refractivity contribution is 5.81. The Bertz CT molecular complexity index is 1310. The summed E-state index contributed by atoms with van der Waals surface area (Å²) in [5.74, 6) is 0.0127. The van der Waals surface area contributed by atoms with Crippen molar-refractivity contribution >= 4 is 23.0 Å². The van der Waals surface area contributed by atoms with Gasteiger partial charge in [0.05, 0.1) is 6.33 Å². The number of carbonyl (C=O) groups excluding carboxylic acids is 1. The molecule has 39 heavy (non-hydrogen) atoms. The van der Waals surface area contributed by atoms with Gasteiger partial charge in [0.1, 0.15) is 36.8 Å². The summed E-state index contributed by atoms with van der Waals surface area (Å²) in [6.45, 7) is 4.89. The molecule has 0 radical (unpaired) electrons. The molecule has 1 aromatic carbocycles. The number of fused-ring (bicyclic) bond motifs is 2. The average molecular weight is 537 g/mol. The van der Waals surface area contributed by atoms with Crippen LogP contribution < -0.4 is 5.73 Å². The number of hydrogen-bond donors (Lipinski definition) is 1. The highest BCUT2D eigenvalue weighted by Crippen LogP contribution is 2.44. The van der Waals surface area contributed by atoms with Crippen LogP contribution in [-0.4, -0.2) is 74.1 Å². The van der Waals surface area contributed by atoms with E-state index in [0.717, 1.165) is 24.8 Å². The number of hydrogen-bond acceptors (Lipinski definition) is 10. The van der Waals surface area contributed by atoms with Crippen LogP contribution in [0.5, 0.6) is 0 Å². The Labute approximate surface area is 227 Å². The van der Waals surface area contributed by atoms with Crippen LogP contribution in [0, 0.1) is 5.92 Å². The minimum atomic E-state index is -0.713. The predicted molar refractivity (Wildman–Crippen MR) is 142 cm³/mol. The fraction of sp³-hybridized carbons (Fsp3) is 0.571. The monoisotopic (exact) mass is 536 g/mol. The molecule has 2 aliphatic heterocycles. The third kappa shape index (κ3) is 5.36. The fourth-order valence-electron chi connectivity index (χ4n) is 5.95. The molecule has 2 aromatic heterocycles. The van der Waals surface area contributed by atoms with Gasteiger partial charge in [-0.3, -0.25) is 9.36 Å². The van der Waals surface area contributed by atoms with Gasteiger partial charge in [0.15, 0.2) is 23.5 Å². The van der Waals surface area contributed by atoms with Gasteiger partial charge in [-0.1, -0.05) is 30.3 Å². The maximum atomic E-state index is 12.2. The lowest BCUT2D eigenvalue weighted by Crippen LogP contribution is -2.48. The SMILES string of the molecule is CN(CC1OC(n2cnc3c(N)ncnc32)C2OC(C)(C)OC12)C1CC(CCC(=O)OCc2ccccc2)C1. The van der Waals surface area contributed by atoms with E-state index in [9.17, 15) is 4.79 Å². The highest BCUT2D eigenvalue weighted by Gasteiger charge is 2.56. The minimum absolute atomic E-state index is 0.132. The van der Waals surface area contributed by atoms with Crippen LogP contribution in [0.15, 0.2) is 43.0 Å². The average Bonchev–Trinajstić information content (AvgIpc) is 3.54. The van der Waals surface area contributed by atoms with Crippen molar-refractivity contribution in [1.29, 1.82) is 0 Å². The molecule has 4 atom stereocenters. The lowest BCUT2D eigenvalue weighted by atomic mass is 9.76. The van der Waals surface area contributed by atoms with Crippen LogP contribution in [-0.2, 0) is 30.3 Å². The molecule has 0 spiro atoms. The summed E-state index contributed by atoms with van der Waals surface area (Å²) in [6.07, 6.45) is 5.38. The Kier molecular flexibility index (Phi) is 7.00. The van der Waals surface area contributed by atoms with Gasteiger partial charge in [0, 0.05) is 19.0 Å². The molecule has 1 saturated carbocycles. The molecule has 11 heteroatoms. The Morgan fingerprint density at radius 3 is 2.72 bits per heavy atom. The van der Waals surface area contributed by atoms with E-state index in [4.69, 9.17) is 24.7 Å². The standard InChI is InChI=1S/C28H36N6O5/c1-28(2)38-23-20(37-27(24(23)39-28)34-16-32-22-25(29)30-15-31-26(22)34)13-33(3)19-11-18(12-19)9-10-21(35)36-14-17-7-5-4-6-8-17/h4-8,15-16,18-20,23-24,27H,9-14H2,1-3H3,(H2,29,30,31). The first-order valence-electron chi connectivity index (χ1n) is 13.6. The van der Waals surface area contributed by atoms with E-state index >= 15 is 0 Å². The first-order valence-corrected chi connectivity index (χ1v) is 13.6. The number of esters is 1. The number of aromatic nitrogens is 4. The molecular formula is C28H36N6O5. The van der Waals surface area contributed by atoms with Gasteiger partial charge < -0.3 is 29.6 Å². The second kappa shape index (κ2) is 10.5. The first-order chi connectivity index (χ1) is 18.8. The minimum Gasteiger partial charge on any atom is -0.461 e. The maximum Gasteiger partial charge on any atom is 0.306 e. The van der Waals surface area contributed by atoms with Crippen molar-refractivity contribution in [2.45, 2.75) is 82.5 Å². The van der Waals surface area contributed by atoms with E-state index in [0.29, 0.717) is 48.5 Å². The van der Waals surface area contributed by atoms with E-state index in [1.807, 2.05) is 48.7 Å². The molecule has 4 unspecified atom stereocenters. The summed E-state index contributed by atoms with van der Waals surface area (Å²) < 4.78 is 26.4. The van der Waals surface area contributed by atoms with Gasteiger partial charge in [-0.05, 0) is 51.6 Å². The first kappa shape index (κ1) is 26.1. The van der Waals surface area contributed by atoms with Crippen LogP contribution in [0.4, 0.5) is 5.82 Å². The Morgan fingerprint density at radius 2 is 1.92 bits per heavy atom. The molecule has 0 bridgehead atoms. The molecule has 3 fully saturated rings. The zero-order valence-corrected chi connectivity index (χ0v) is 22.6. The Balaban J connectivity index is 1.02. The molecule has 6 rings (SSSR count). The van der Waals surface area contributed by atoms with Gasteiger partial charge in [-0.25, -0.2) is 15.0 Å². The molecule has 4 heterocycles. The van der Waals surface area contributed by atoms with Crippen LogP contribution in [0.3, 0.4) is 0 Å². The summed E-state index contributed by atoms with van der Waals surface area (Å²) in [7, 11) is 2.13. The molecule has 208 valence electrons. The predicted octanol–water partition coefficient (Wildman–Crippen LogP) is 3.06. The zero-order chi connectivity index (χ0) is 27.1. The fourth-order valence-corrected chi connectivity index (χ4v) is 5.95. The summed E-state index contributed by atoms with van der Waals surface area (Å²) in [6, 6.07) is 10.2. The van der Waals surface area contributed by atoms with E-state index in [2.05, 4.69) is 26.9 Å². The van der Waals surface area contributed by atoms with Crippen molar-refractivity contribution in [3.05, 3.63) is 48.5 Å². The molecule has 2 N–H and O–H groups in total. The number of likely N-dealkylation sites (N-methyl/N-ethyl adjacent to an activating group) is 1. The van der Waals surface area contributed by atoms with Gasteiger partial charge in [-0.2, -0.15) is 0 Å². The van der Waals surface area contributed by atoms with E-state index in [1.165, 1.54) is 6.33 Å². The maximum absolute atomic E-state index is 12.2. The number of anilines is 1. The van der Waals surface area contributed by atoms with Crippen LogP contribution >= 0.6 is 0 Å². The van der Waals surface area contributed by atoms with Crippen molar-refractivity contribution in [2.24, 2.45) is 5.92 Å². The topological polar surface area (TPSA) is 127 Å². The Morgan fingerprint density at radius 1 is 1.15 bits per heavy atom. The molecule has 11 nitrogen and oxygen atoms in total. The van der Waals surface area contributed by atoms with Crippen molar-refractivity contribution in [3.63, 3.8) is 0 Å². The lowest BCUT2D eigenvalue weighted by Gasteiger charge is -2.42. The van der Waals surface area contributed by atoms with Crippen molar-refractivity contribution in [3.8, 4) is 0 Å². The quantitative estimate of drug-likeness (QED) is 0.408. The second-order valence-electron chi connectivity index (χ2n) is 11.3. The molecule has 3 aromatic rings. The molecule has 2 saturated heterocycles. The van der Waals surface area contributed by atoms with Crippen molar-refractivity contribution in [2.75, 3.05) is 19.3 Å². The lowest BCUT2D eigenvalue weighted by molar-refractivity contribution is -0.198. The number of benzene rings is 1. The number of nitrogens with two attached hydrogens (primary N) is 1. The van der Waals surface area contributed by atoms with E-state index < -0.39 is 12.0 Å². The highest BCUT2D eigenvalue weighted by atomic mass is 16.8. The Hall–Kier alpha value is -3.12. The number of imidazole rings is 1. The number of nitrogen functional groups attached to an aromatic ring is 1. The number of ether oxygens (including phenoxy) is 4. The molecule has 1 aliphatic carbocycles. The second-order valence-corrected chi connectivity index (χ2v) is 11.3. The summed E-state index contributed by atoms with van der Waals surface area (Å²) in [5.41, 5.74) is 8.16. The smallest absolute Gasteiger partial charge is 0.306 e. The largest absolute Gasteiger partial charge is 0.461 e. The number of carbonyl (C=O) groups is 1. The molecule has 3 aliphatic rings. The summed E-state index contributed by atoms with van der Waals surface area (Å²) in [5, 5.41) is 0. The van der Waals surface area contributed by atoms with Gasteiger partial charge in [0.2, 0.25) is 0 Å². The van der Waals surface area contributed by atoms with Crippen molar-refractivity contribution in [1.82, 2.24) is 24.4 Å². The van der Waals surface area contributed by atoms with Crippen LogP contribution in [0.2, 0.25) is 0 Å². The van der Waals surface area contributed by atoms with Crippen LogP contribution in [0.1, 0.15) is 51.3 Å². The van der Waals surface area contributed by atoms with Gasteiger partial charge >= 0.3 is 5.97 Å². The number of nitrogens with zero attached hydrogens (tertiary/aromatic N) is 5. The summed E-state index contributed by atoms with van der Waals surface area (Å²) in [4.78, 5) is 27.4. The molecule has 0 amide bonds. The number of rotatable bonds is 9. The van der Waals surface area contributed by atoms with E-state index in [1.54, 1.807) is 6.33 Å². The van der Waals surface area contributed by atoms with Gasteiger partial charge in [0.25, 0.3) is 0 Å². The molecular weight excluding hydrogens is 500 g/mol. The van der Waals surface area contributed by atoms with Gasteiger partial charge in [-0.15, -0.1) is 0 Å². The van der Waals surface area contributed by atoms with Crippen LogP contribution in [0.25, 0.3) is 11.2 Å². The summed E-state index contributed by atoms with van der Waals surface area (Å²) >= 11 is 0. The zero-order valence-electron chi connectivity index (χ0n) is 22.6.